The van der Waals surface area contributed by atoms with Crippen LogP contribution in [0, 0.1) is 0 Å². The van der Waals surface area contributed by atoms with Gasteiger partial charge in [-0.25, -0.2) is 24.0 Å². The van der Waals surface area contributed by atoms with E-state index in [0.717, 1.165) is 0 Å². The Morgan fingerprint density at radius 3 is 1.50 bits per heavy atom. The van der Waals surface area contributed by atoms with E-state index in [0.29, 0.717) is 12.2 Å². The van der Waals surface area contributed by atoms with Gasteiger partial charge in [0.1, 0.15) is 29.4 Å². The molecule has 0 bridgehead atoms. The predicted molar refractivity (Wildman–Crippen MR) is 62.1 cm³/mol. The van der Waals surface area contributed by atoms with E-state index in [-0.39, 0.29) is 37.9 Å². The number of carbonyl (C=O) groups excluding carboxylic acids is 5. The second-order valence-electron chi connectivity index (χ2n) is 2.72. The topological polar surface area (TPSA) is 85.3 Å². The molecule has 0 aliphatic heterocycles. The maximum absolute atomic E-state index is 11.0. The number of allylic oxidation sites excluding steroid dienone is 4. The minimum atomic E-state index is -3.17. The molecule has 0 unspecified atom stereocenters. The van der Waals surface area contributed by atoms with Gasteiger partial charge in [-0.05, 0) is 6.16 Å². The van der Waals surface area contributed by atoms with Crippen LogP contribution in [-0.4, -0.2) is 35.6 Å². The molecule has 0 saturated carbocycles. The first-order chi connectivity index (χ1) is 8.16. The fourth-order valence-corrected chi connectivity index (χ4v) is 3.30. The SMILES string of the molecule is CCP(=C=O)(C(=C=O)C=C=O)C(=C=O)C=C=O.[Mo]. The molecule has 0 amide bonds. The zero-order valence-electron chi connectivity index (χ0n) is 9.26. The summed E-state index contributed by atoms with van der Waals surface area (Å²) in [5, 5.41) is -0.648. The van der Waals surface area contributed by atoms with Gasteiger partial charge in [0.25, 0.3) is 0 Å². The van der Waals surface area contributed by atoms with Crippen molar-refractivity contribution in [2.75, 3.05) is 6.16 Å². The van der Waals surface area contributed by atoms with Gasteiger partial charge in [-0.3, -0.25) is 0 Å². The molecule has 0 fully saturated rings. The van der Waals surface area contributed by atoms with E-state index in [9.17, 15) is 24.0 Å². The summed E-state index contributed by atoms with van der Waals surface area (Å²) >= 11 is 0. The summed E-state index contributed by atoms with van der Waals surface area (Å²) in [7, 11) is 0. The number of hydrogen-bond donors (Lipinski definition) is 0. The molecule has 5 nitrogen and oxygen atoms in total. The van der Waals surface area contributed by atoms with E-state index in [2.05, 4.69) is 0 Å². The van der Waals surface area contributed by atoms with Crippen LogP contribution in [0.25, 0.3) is 0 Å². The molecule has 7 heteroatoms. The molecule has 0 aromatic heterocycles. The molecule has 0 aromatic rings. The zero-order chi connectivity index (χ0) is 13.3. The Morgan fingerprint density at radius 2 is 1.33 bits per heavy atom. The third kappa shape index (κ3) is 3.76. The number of hydrogen-bond acceptors (Lipinski definition) is 5. The summed E-state index contributed by atoms with van der Waals surface area (Å²) in [6, 6.07) is 0. The van der Waals surface area contributed by atoms with Crippen molar-refractivity contribution in [3.05, 3.63) is 22.8 Å². The molecule has 0 aliphatic carbocycles. The van der Waals surface area contributed by atoms with Crippen molar-refractivity contribution in [3.8, 4) is 0 Å². The molecule has 0 radical (unpaired) electrons. The molecule has 92 valence electrons. The van der Waals surface area contributed by atoms with Crippen LogP contribution < -0.4 is 0 Å². The first kappa shape index (κ1) is 18.9. The number of rotatable bonds is 5. The molecule has 0 aliphatic rings. The summed E-state index contributed by atoms with van der Waals surface area (Å²) in [5.41, 5.74) is 1.58. The maximum atomic E-state index is 11.0. The van der Waals surface area contributed by atoms with Crippen molar-refractivity contribution in [2.45, 2.75) is 6.92 Å². The van der Waals surface area contributed by atoms with Crippen LogP contribution in [-0.2, 0) is 45.0 Å². The normalized spacial score (nSPS) is 10.7. The van der Waals surface area contributed by atoms with Crippen LogP contribution in [0.15, 0.2) is 22.8 Å². The van der Waals surface area contributed by atoms with E-state index >= 15 is 0 Å². The largest absolute Gasteiger partial charge is 0.234 e. The van der Waals surface area contributed by atoms with Crippen molar-refractivity contribution < 1.29 is 45.0 Å². The average Bonchev–Trinajstić information content (AvgIpc) is 2.37. The van der Waals surface area contributed by atoms with Gasteiger partial charge in [0.15, 0.2) is 0 Å². The van der Waals surface area contributed by atoms with E-state index in [1.54, 1.807) is 5.66 Å². The fourth-order valence-electron chi connectivity index (χ4n) is 1.18. The predicted octanol–water partition coefficient (Wildman–Crippen LogP) is 0.295. The van der Waals surface area contributed by atoms with Gasteiger partial charge in [0, 0.05) is 33.2 Å². The van der Waals surface area contributed by atoms with Gasteiger partial charge < -0.3 is 0 Å². The second-order valence-corrected chi connectivity index (χ2v) is 6.11. The van der Waals surface area contributed by atoms with Crippen LogP contribution in [0.3, 0.4) is 0 Å². The molecular weight excluding hydrogens is 339 g/mol. The molecule has 0 N–H and O–H groups in total. The minimum absolute atomic E-state index is 0. The maximum Gasteiger partial charge on any atom is 0.134 e. The van der Waals surface area contributed by atoms with E-state index in [1.807, 2.05) is 0 Å². The summed E-state index contributed by atoms with van der Waals surface area (Å²) in [5.74, 6) is 5.47. The Hall–Kier alpha value is -1.50. The smallest absolute Gasteiger partial charge is 0.134 e. The Kier molecular flexibility index (Phi) is 9.97. The molecule has 0 saturated heterocycles. The van der Waals surface area contributed by atoms with Gasteiger partial charge in [-0.2, -0.15) is 0 Å². The molecule has 18 heavy (non-hydrogen) atoms. The van der Waals surface area contributed by atoms with Crippen molar-refractivity contribution in [1.82, 2.24) is 0 Å². The monoisotopic (exact) mass is 348 g/mol. The Labute approximate surface area is 117 Å². The molecule has 0 spiro atoms. The zero-order valence-corrected chi connectivity index (χ0v) is 12.2. The van der Waals surface area contributed by atoms with Crippen molar-refractivity contribution in [2.24, 2.45) is 0 Å². The first-order valence-corrected chi connectivity index (χ1v) is 6.34. The van der Waals surface area contributed by atoms with Crippen LogP contribution in [0.2, 0.25) is 0 Å². The van der Waals surface area contributed by atoms with E-state index < -0.39 is 6.89 Å². The Balaban J connectivity index is 0. The molecule has 0 heterocycles. The summed E-state index contributed by atoms with van der Waals surface area (Å²) in [6.07, 6.45) is 1.47. The van der Waals surface area contributed by atoms with Crippen LogP contribution in [0.4, 0.5) is 0 Å². The summed E-state index contributed by atoms with van der Waals surface area (Å²) < 4.78 is 0. The van der Waals surface area contributed by atoms with E-state index in [1.165, 1.54) is 30.7 Å². The fraction of sp³-hybridized carbons (Fsp3) is 0.182. The average molecular weight is 346 g/mol. The molecular formula is C11H7MoO5P. The molecule has 0 aromatic carbocycles. The third-order valence-electron chi connectivity index (χ3n) is 2.05. The summed E-state index contributed by atoms with van der Waals surface area (Å²) in [6.45, 7) is -1.65. The third-order valence-corrected chi connectivity index (χ3v) is 5.40. The van der Waals surface area contributed by atoms with Gasteiger partial charge in [-0.15, -0.1) is 0 Å². The van der Waals surface area contributed by atoms with Crippen molar-refractivity contribution in [3.63, 3.8) is 0 Å². The van der Waals surface area contributed by atoms with Crippen LogP contribution in [0.5, 0.6) is 0 Å². The minimum Gasteiger partial charge on any atom is -0.234 e. The molecule has 0 rings (SSSR count). The quantitative estimate of drug-likeness (QED) is 0.309. The second kappa shape index (κ2) is 9.52. The van der Waals surface area contributed by atoms with Crippen molar-refractivity contribution in [1.29, 1.82) is 0 Å². The molecule has 0 atom stereocenters. The van der Waals surface area contributed by atoms with Gasteiger partial charge >= 0.3 is 0 Å². The van der Waals surface area contributed by atoms with E-state index in [4.69, 9.17) is 0 Å². The van der Waals surface area contributed by atoms with Crippen molar-refractivity contribution >= 4 is 36.3 Å². The van der Waals surface area contributed by atoms with Crippen LogP contribution >= 0.6 is 6.89 Å². The van der Waals surface area contributed by atoms with Gasteiger partial charge in [0.2, 0.25) is 0 Å². The van der Waals surface area contributed by atoms with Crippen LogP contribution in [0.1, 0.15) is 6.92 Å². The Bertz CT molecular complexity index is 545. The van der Waals surface area contributed by atoms with Gasteiger partial charge in [0.05, 0.1) is 17.5 Å². The first-order valence-electron chi connectivity index (χ1n) is 4.37. The summed E-state index contributed by atoms with van der Waals surface area (Å²) in [4.78, 5) is 52.9. The Morgan fingerprint density at radius 1 is 0.944 bits per heavy atom. The standard InChI is InChI=1S/C11H7O5P.Mo/c1-2-17(9-16,10(7-14)3-5-12)11(8-15)4-6-13;/h3-4H,2H2,1H3;. The van der Waals surface area contributed by atoms with Gasteiger partial charge in [-0.1, -0.05) is 6.92 Å².